The van der Waals surface area contributed by atoms with Crippen molar-refractivity contribution >= 4 is 33.4 Å². The average molecular weight is 409 g/mol. The summed E-state index contributed by atoms with van der Waals surface area (Å²) in [6.07, 6.45) is 2.48. The zero-order chi connectivity index (χ0) is 20.0. The van der Waals surface area contributed by atoms with Crippen molar-refractivity contribution in [3.63, 3.8) is 0 Å². The molecule has 0 bridgehead atoms. The van der Waals surface area contributed by atoms with E-state index in [0.717, 1.165) is 22.2 Å². The number of benzene rings is 1. The van der Waals surface area contributed by atoms with Gasteiger partial charge in [-0.3, -0.25) is 9.59 Å². The van der Waals surface area contributed by atoms with E-state index in [1.165, 1.54) is 11.3 Å². The number of fused-ring (bicyclic) bond motifs is 2. The van der Waals surface area contributed by atoms with Crippen molar-refractivity contribution in [2.45, 2.75) is 12.3 Å². The number of nitrogens with two attached hydrogens (primary N) is 1. The van der Waals surface area contributed by atoms with Crippen molar-refractivity contribution in [3.8, 4) is 11.5 Å². The number of pyridine rings is 1. The van der Waals surface area contributed by atoms with Gasteiger partial charge in [0.1, 0.15) is 18.0 Å². The molecule has 7 nitrogen and oxygen atoms in total. The van der Waals surface area contributed by atoms with Gasteiger partial charge in [-0.05, 0) is 36.2 Å². The van der Waals surface area contributed by atoms with Crippen LogP contribution in [-0.4, -0.2) is 48.0 Å². The van der Waals surface area contributed by atoms with Crippen LogP contribution in [0.25, 0.3) is 10.2 Å². The van der Waals surface area contributed by atoms with E-state index in [1.807, 2.05) is 17.0 Å². The Bertz CT molecular complexity index is 1130. The Balaban J connectivity index is 1.42. The van der Waals surface area contributed by atoms with E-state index in [1.54, 1.807) is 24.4 Å². The van der Waals surface area contributed by atoms with Gasteiger partial charge in [0.15, 0.2) is 11.5 Å². The topological polar surface area (TPSA) is 94.8 Å². The van der Waals surface area contributed by atoms with Crippen LogP contribution < -0.4 is 15.2 Å². The van der Waals surface area contributed by atoms with Gasteiger partial charge in [0.25, 0.3) is 11.8 Å². The van der Waals surface area contributed by atoms with Crippen LogP contribution in [0.5, 0.6) is 11.5 Å². The predicted octanol–water partition coefficient (Wildman–Crippen LogP) is 2.80. The molecular formula is C21H19N3O4S. The maximum atomic E-state index is 13.1. The Morgan fingerprint density at radius 1 is 1.17 bits per heavy atom. The van der Waals surface area contributed by atoms with Crippen LogP contribution >= 0.6 is 11.3 Å². The van der Waals surface area contributed by atoms with E-state index in [2.05, 4.69) is 4.98 Å². The smallest absolute Gasteiger partial charge is 0.259 e. The molecule has 1 atom stereocenters. The zero-order valence-electron chi connectivity index (χ0n) is 15.6. The fraction of sp³-hybridized carbons (Fsp3) is 0.286. The number of carbonyl (C=O) groups excluding carboxylic acids is 2. The molecule has 4 heterocycles. The van der Waals surface area contributed by atoms with Gasteiger partial charge in [0.2, 0.25) is 0 Å². The van der Waals surface area contributed by atoms with Crippen molar-refractivity contribution in [2.24, 2.45) is 5.73 Å². The second-order valence-electron chi connectivity index (χ2n) is 7.16. The third-order valence-electron chi connectivity index (χ3n) is 5.40. The summed E-state index contributed by atoms with van der Waals surface area (Å²) in [6, 6.07) is 9.10. The number of ether oxygens (including phenoxy) is 2. The van der Waals surface area contributed by atoms with E-state index >= 15 is 0 Å². The normalized spacial score (nSPS) is 18.2. The van der Waals surface area contributed by atoms with Crippen molar-refractivity contribution in [1.29, 1.82) is 0 Å². The van der Waals surface area contributed by atoms with Crippen LogP contribution in [-0.2, 0) is 0 Å². The summed E-state index contributed by atoms with van der Waals surface area (Å²) in [4.78, 5) is 32.6. The Kier molecular flexibility index (Phi) is 4.35. The molecular weight excluding hydrogens is 390 g/mol. The lowest BCUT2D eigenvalue weighted by Gasteiger charge is -2.21. The van der Waals surface area contributed by atoms with Gasteiger partial charge < -0.3 is 20.1 Å². The second kappa shape index (κ2) is 7.04. The van der Waals surface area contributed by atoms with Crippen LogP contribution in [0.4, 0.5) is 0 Å². The highest BCUT2D eigenvalue weighted by Crippen LogP contribution is 2.39. The molecule has 0 spiro atoms. The minimum atomic E-state index is -0.445. The molecule has 8 heteroatoms. The van der Waals surface area contributed by atoms with Crippen molar-refractivity contribution in [3.05, 3.63) is 52.5 Å². The molecule has 2 aliphatic heterocycles. The number of likely N-dealkylation sites (tertiary alicyclic amines) is 1. The summed E-state index contributed by atoms with van der Waals surface area (Å²) in [6.45, 7) is 2.15. The number of aromatic nitrogens is 1. The van der Waals surface area contributed by atoms with Gasteiger partial charge >= 0.3 is 0 Å². The average Bonchev–Trinajstić information content (AvgIpc) is 3.37. The number of primary amides is 1. The summed E-state index contributed by atoms with van der Waals surface area (Å²) in [5.74, 6) is 0.818. The first-order valence-electron chi connectivity index (χ1n) is 9.48. The van der Waals surface area contributed by atoms with E-state index in [9.17, 15) is 9.59 Å². The van der Waals surface area contributed by atoms with Crippen LogP contribution in [0.3, 0.4) is 0 Å². The van der Waals surface area contributed by atoms with Gasteiger partial charge in [-0.25, -0.2) is 4.98 Å². The van der Waals surface area contributed by atoms with Crippen molar-refractivity contribution < 1.29 is 19.1 Å². The third kappa shape index (κ3) is 3.09. The van der Waals surface area contributed by atoms with Crippen LogP contribution in [0, 0.1) is 0 Å². The first kappa shape index (κ1) is 17.9. The lowest BCUT2D eigenvalue weighted by atomic mass is 9.95. The lowest BCUT2D eigenvalue weighted by Crippen LogP contribution is -2.29. The van der Waals surface area contributed by atoms with E-state index in [4.69, 9.17) is 15.2 Å². The molecule has 5 rings (SSSR count). The summed E-state index contributed by atoms with van der Waals surface area (Å²) in [5, 5.41) is 0.949. The largest absolute Gasteiger partial charge is 0.486 e. The van der Waals surface area contributed by atoms with Gasteiger partial charge in [-0.1, -0.05) is 6.07 Å². The minimum Gasteiger partial charge on any atom is -0.486 e. The summed E-state index contributed by atoms with van der Waals surface area (Å²) < 4.78 is 11.1. The first-order chi connectivity index (χ1) is 14.1. The predicted molar refractivity (Wildman–Crippen MR) is 109 cm³/mol. The van der Waals surface area contributed by atoms with Gasteiger partial charge in [0, 0.05) is 36.2 Å². The van der Waals surface area contributed by atoms with Crippen molar-refractivity contribution in [1.82, 2.24) is 9.88 Å². The quantitative estimate of drug-likeness (QED) is 0.718. The molecule has 1 fully saturated rings. The molecule has 2 N–H and O–H groups in total. The molecule has 0 aliphatic carbocycles. The highest BCUT2D eigenvalue weighted by Gasteiger charge is 2.33. The molecule has 2 amide bonds. The number of hydrogen-bond donors (Lipinski definition) is 1. The number of thiophene rings is 1. The number of hydrogen-bond acceptors (Lipinski definition) is 6. The Labute approximate surface area is 171 Å². The Hall–Kier alpha value is -3.13. The van der Waals surface area contributed by atoms with E-state index in [-0.39, 0.29) is 11.8 Å². The van der Waals surface area contributed by atoms with Crippen molar-refractivity contribution in [2.75, 3.05) is 26.3 Å². The molecule has 2 aliphatic rings. The molecule has 1 aromatic carbocycles. The molecule has 0 radical (unpaired) electrons. The Morgan fingerprint density at radius 2 is 2.00 bits per heavy atom. The Morgan fingerprint density at radius 3 is 2.83 bits per heavy atom. The summed E-state index contributed by atoms with van der Waals surface area (Å²) in [7, 11) is 0. The molecule has 3 aromatic rings. The van der Waals surface area contributed by atoms with Crippen LogP contribution in [0.1, 0.15) is 37.9 Å². The number of amides is 2. The summed E-state index contributed by atoms with van der Waals surface area (Å²) >= 11 is 1.32. The fourth-order valence-electron chi connectivity index (χ4n) is 4.08. The molecule has 1 saturated heterocycles. The van der Waals surface area contributed by atoms with Crippen LogP contribution in [0.15, 0.2) is 36.5 Å². The first-order valence-corrected chi connectivity index (χ1v) is 10.3. The second-order valence-corrected chi connectivity index (χ2v) is 8.16. The third-order valence-corrected chi connectivity index (χ3v) is 6.55. The standard InChI is InChI=1S/C21H19N3O4S/c22-19(25)18-17(14-2-1-6-23-20(14)29-18)13-5-7-24(11-13)21(26)12-3-4-15-16(10-12)28-9-8-27-15/h1-4,6,10,13H,5,7-9,11H2,(H2,22,25)/t13-/m1/s1. The minimum absolute atomic E-state index is 0.0524. The van der Waals surface area contributed by atoms with E-state index < -0.39 is 5.91 Å². The fourth-order valence-corrected chi connectivity index (χ4v) is 5.16. The summed E-state index contributed by atoms with van der Waals surface area (Å²) in [5.41, 5.74) is 7.12. The molecule has 29 heavy (non-hydrogen) atoms. The molecule has 2 aromatic heterocycles. The maximum absolute atomic E-state index is 13.1. The molecule has 0 saturated carbocycles. The van der Waals surface area contributed by atoms with Gasteiger partial charge in [0.05, 0.1) is 4.88 Å². The molecule has 0 unspecified atom stereocenters. The number of rotatable bonds is 3. The molecule has 148 valence electrons. The van der Waals surface area contributed by atoms with E-state index in [0.29, 0.717) is 48.2 Å². The number of carbonyl (C=O) groups is 2. The monoisotopic (exact) mass is 409 g/mol. The van der Waals surface area contributed by atoms with Crippen LogP contribution in [0.2, 0.25) is 0 Å². The van der Waals surface area contributed by atoms with Gasteiger partial charge in [-0.2, -0.15) is 0 Å². The zero-order valence-corrected chi connectivity index (χ0v) is 16.4. The lowest BCUT2D eigenvalue weighted by molar-refractivity contribution is 0.0789. The van der Waals surface area contributed by atoms with Gasteiger partial charge in [-0.15, -0.1) is 11.3 Å². The number of nitrogens with zero attached hydrogens (tertiary/aromatic N) is 2. The SMILES string of the molecule is NC(=O)c1sc2ncccc2c1[C@@H]1CCN(C(=O)c2ccc3c(c2)OCCO3)C1. The maximum Gasteiger partial charge on any atom is 0.259 e. The highest BCUT2D eigenvalue weighted by atomic mass is 32.1. The highest BCUT2D eigenvalue weighted by molar-refractivity contribution is 7.20.